The lowest BCUT2D eigenvalue weighted by atomic mass is 9.92. The van der Waals surface area contributed by atoms with Crippen LogP contribution in [0, 0.1) is 5.92 Å². The number of carbonyl (C=O) groups excluding carboxylic acids is 1. The Labute approximate surface area is 126 Å². The van der Waals surface area contributed by atoms with Crippen LogP contribution in [0.4, 0.5) is 11.4 Å². The Morgan fingerprint density at radius 2 is 2.05 bits per heavy atom. The molecule has 4 heteroatoms. The standard InChI is InChI=1S/C17H25N3O/c1-13-12-14(8-9-18-13)17(21)19-15-6-2-3-7-16(15)20-10-4-5-11-20/h2-3,6-7,13-14,18H,4-5,8-12H2,1H3,(H,19,21)/t13-,14-/m0/s1. The van der Waals surface area contributed by atoms with E-state index in [-0.39, 0.29) is 11.8 Å². The summed E-state index contributed by atoms with van der Waals surface area (Å²) >= 11 is 0. The topological polar surface area (TPSA) is 44.4 Å². The van der Waals surface area contributed by atoms with Crippen LogP contribution in [0.15, 0.2) is 24.3 Å². The minimum atomic E-state index is 0.132. The lowest BCUT2D eigenvalue weighted by Crippen LogP contribution is -2.40. The molecule has 2 N–H and O–H groups in total. The quantitative estimate of drug-likeness (QED) is 0.898. The van der Waals surface area contributed by atoms with Crippen LogP contribution in [0.2, 0.25) is 0 Å². The molecule has 1 amide bonds. The summed E-state index contributed by atoms with van der Waals surface area (Å²) in [4.78, 5) is 14.9. The van der Waals surface area contributed by atoms with Gasteiger partial charge in [0.1, 0.15) is 0 Å². The average molecular weight is 287 g/mol. The largest absolute Gasteiger partial charge is 0.370 e. The molecule has 0 bridgehead atoms. The molecule has 21 heavy (non-hydrogen) atoms. The van der Waals surface area contributed by atoms with E-state index in [9.17, 15) is 4.79 Å². The van der Waals surface area contributed by atoms with Crippen molar-refractivity contribution in [1.29, 1.82) is 0 Å². The van der Waals surface area contributed by atoms with Gasteiger partial charge in [-0.2, -0.15) is 0 Å². The van der Waals surface area contributed by atoms with E-state index in [1.54, 1.807) is 0 Å². The molecule has 4 nitrogen and oxygen atoms in total. The molecular weight excluding hydrogens is 262 g/mol. The number of nitrogens with one attached hydrogen (secondary N) is 2. The van der Waals surface area contributed by atoms with Gasteiger partial charge >= 0.3 is 0 Å². The van der Waals surface area contributed by atoms with Gasteiger partial charge in [0.25, 0.3) is 0 Å². The number of carbonyl (C=O) groups is 1. The van der Waals surface area contributed by atoms with Gasteiger partial charge in [0.05, 0.1) is 11.4 Å². The van der Waals surface area contributed by atoms with Crippen LogP contribution in [0.3, 0.4) is 0 Å². The van der Waals surface area contributed by atoms with E-state index in [0.29, 0.717) is 6.04 Å². The molecule has 3 rings (SSSR count). The van der Waals surface area contributed by atoms with Crippen LogP contribution in [-0.4, -0.2) is 31.6 Å². The Bertz CT molecular complexity index is 497. The lowest BCUT2D eigenvalue weighted by molar-refractivity contribution is -0.120. The maximum absolute atomic E-state index is 12.5. The number of hydrogen-bond donors (Lipinski definition) is 2. The fraction of sp³-hybridized carbons (Fsp3) is 0.588. The molecule has 114 valence electrons. The van der Waals surface area contributed by atoms with E-state index in [1.807, 2.05) is 12.1 Å². The number of anilines is 2. The minimum absolute atomic E-state index is 0.132. The van der Waals surface area contributed by atoms with Crippen molar-refractivity contribution in [3.8, 4) is 0 Å². The van der Waals surface area contributed by atoms with Crippen LogP contribution in [0.25, 0.3) is 0 Å². The maximum atomic E-state index is 12.5. The van der Waals surface area contributed by atoms with E-state index in [0.717, 1.165) is 38.2 Å². The summed E-state index contributed by atoms with van der Waals surface area (Å²) < 4.78 is 0. The van der Waals surface area contributed by atoms with Crippen LogP contribution in [0.1, 0.15) is 32.6 Å². The Balaban J connectivity index is 1.70. The Hall–Kier alpha value is -1.55. The average Bonchev–Trinajstić information content (AvgIpc) is 3.02. The third kappa shape index (κ3) is 3.38. The summed E-state index contributed by atoms with van der Waals surface area (Å²) in [7, 11) is 0. The van der Waals surface area contributed by atoms with Gasteiger partial charge in [0, 0.05) is 25.0 Å². The number of nitrogens with zero attached hydrogens (tertiary/aromatic N) is 1. The van der Waals surface area contributed by atoms with Crippen molar-refractivity contribution < 1.29 is 4.79 Å². The molecule has 2 heterocycles. The first-order valence-corrected chi connectivity index (χ1v) is 8.12. The number of hydrogen-bond acceptors (Lipinski definition) is 3. The predicted molar refractivity (Wildman–Crippen MR) is 86.7 cm³/mol. The molecule has 2 atom stereocenters. The molecule has 2 aliphatic rings. The normalized spacial score (nSPS) is 25.9. The second kappa shape index (κ2) is 6.48. The number of benzene rings is 1. The van der Waals surface area contributed by atoms with Crippen molar-refractivity contribution in [1.82, 2.24) is 5.32 Å². The summed E-state index contributed by atoms with van der Waals surface area (Å²) in [5.41, 5.74) is 2.14. The van der Waals surface area contributed by atoms with Crippen LogP contribution in [0.5, 0.6) is 0 Å². The van der Waals surface area contributed by atoms with Crippen molar-refractivity contribution >= 4 is 17.3 Å². The summed E-state index contributed by atoms with van der Waals surface area (Å²) in [6.45, 7) is 5.28. The van der Waals surface area contributed by atoms with Crippen LogP contribution >= 0.6 is 0 Å². The molecule has 0 saturated carbocycles. The SMILES string of the molecule is C[C@H]1C[C@@H](C(=O)Nc2ccccc2N2CCCC2)CCN1. The highest BCUT2D eigenvalue weighted by molar-refractivity contribution is 5.96. The molecule has 2 saturated heterocycles. The number of amides is 1. The minimum Gasteiger partial charge on any atom is -0.370 e. The zero-order valence-electron chi connectivity index (χ0n) is 12.8. The van der Waals surface area contributed by atoms with E-state index in [2.05, 4.69) is 34.6 Å². The van der Waals surface area contributed by atoms with E-state index >= 15 is 0 Å². The number of para-hydroxylation sites is 2. The number of piperidine rings is 1. The van der Waals surface area contributed by atoms with Crippen molar-refractivity contribution in [3.63, 3.8) is 0 Å². The van der Waals surface area contributed by atoms with Crippen molar-refractivity contribution in [2.45, 2.75) is 38.6 Å². The zero-order chi connectivity index (χ0) is 14.7. The molecule has 0 radical (unpaired) electrons. The van der Waals surface area contributed by atoms with Gasteiger partial charge in [-0.25, -0.2) is 0 Å². The van der Waals surface area contributed by atoms with Gasteiger partial charge < -0.3 is 15.5 Å². The Morgan fingerprint density at radius 3 is 2.81 bits per heavy atom. The monoisotopic (exact) mass is 287 g/mol. The molecule has 2 fully saturated rings. The van der Waals surface area contributed by atoms with Crippen molar-refractivity contribution in [2.24, 2.45) is 5.92 Å². The van der Waals surface area contributed by atoms with Crippen LogP contribution < -0.4 is 15.5 Å². The second-order valence-electron chi connectivity index (χ2n) is 6.28. The summed E-state index contributed by atoms with van der Waals surface area (Å²) in [5.74, 6) is 0.308. The summed E-state index contributed by atoms with van der Waals surface area (Å²) in [5, 5.41) is 6.57. The first-order chi connectivity index (χ1) is 10.2. The Morgan fingerprint density at radius 1 is 1.29 bits per heavy atom. The van der Waals surface area contributed by atoms with E-state index in [1.165, 1.54) is 18.5 Å². The van der Waals surface area contributed by atoms with Crippen LogP contribution in [-0.2, 0) is 4.79 Å². The zero-order valence-corrected chi connectivity index (χ0v) is 12.8. The van der Waals surface area contributed by atoms with Gasteiger partial charge in [-0.15, -0.1) is 0 Å². The molecule has 0 unspecified atom stereocenters. The van der Waals surface area contributed by atoms with E-state index in [4.69, 9.17) is 0 Å². The summed E-state index contributed by atoms with van der Waals surface area (Å²) in [6, 6.07) is 8.63. The molecule has 1 aromatic rings. The summed E-state index contributed by atoms with van der Waals surface area (Å²) in [6.07, 6.45) is 4.35. The van der Waals surface area contributed by atoms with Crippen molar-refractivity contribution in [3.05, 3.63) is 24.3 Å². The van der Waals surface area contributed by atoms with Crippen molar-refractivity contribution in [2.75, 3.05) is 29.9 Å². The highest BCUT2D eigenvalue weighted by Gasteiger charge is 2.25. The second-order valence-corrected chi connectivity index (χ2v) is 6.28. The molecule has 2 aliphatic heterocycles. The van der Waals surface area contributed by atoms with Gasteiger partial charge in [0.2, 0.25) is 5.91 Å². The van der Waals surface area contributed by atoms with Gasteiger partial charge in [-0.05, 0) is 51.3 Å². The maximum Gasteiger partial charge on any atom is 0.227 e. The van der Waals surface area contributed by atoms with Gasteiger partial charge in [0.15, 0.2) is 0 Å². The predicted octanol–water partition coefficient (Wildman–Crippen LogP) is 2.61. The molecule has 0 spiro atoms. The third-order valence-corrected chi connectivity index (χ3v) is 4.60. The molecule has 1 aromatic carbocycles. The smallest absolute Gasteiger partial charge is 0.227 e. The first-order valence-electron chi connectivity index (χ1n) is 8.12. The lowest BCUT2D eigenvalue weighted by Gasteiger charge is -2.28. The molecule has 0 aromatic heterocycles. The highest BCUT2D eigenvalue weighted by atomic mass is 16.1. The number of rotatable bonds is 3. The van der Waals surface area contributed by atoms with Gasteiger partial charge in [-0.1, -0.05) is 12.1 Å². The third-order valence-electron chi connectivity index (χ3n) is 4.60. The first kappa shape index (κ1) is 14.4. The fourth-order valence-corrected chi connectivity index (χ4v) is 3.42. The van der Waals surface area contributed by atoms with E-state index < -0.39 is 0 Å². The highest BCUT2D eigenvalue weighted by Crippen LogP contribution is 2.29. The molecule has 0 aliphatic carbocycles. The van der Waals surface area contributed by atoms with Gasteiger partial charge in [-0.3, -0.25) is 4.79 Å². The molecular formula is C17H25N3O. The fourth-order valence-electron chi connectivity index (χ4n) is 3.42. The Kier molecular flexibility index (Phi) is 4.44.